The number of ether oxygens (including phenoxy) is 3. The maximum absolute atomic E-state index is 13.3. The standard InChI is InChI=1S/C58H97NO10/c1-4-7-10-13-16-19-22-25-26-28-31-34-37-40-43-46-53(63)69-56-55(65)54(64)52(47-60)68-58(56)67-48-49(50(61)44-41-38-35-32-30-27-23-20-17-14-11-8-5-2)59-57(66)51(62)45-42-39-36-33-29-24-21-18-15-12-9-6-3/h9,12,15-16,18-19,21-22,24-25,29,33,36,39,41,44,49-52,54-56,58,60-62,64-65H,4-8,10-11,13-14,17,20,23,26-28,30-32,34-35,37-38,40,42-43,45-48H2,1-3H3,(H,59,66)/b12-9+,18-15+,19-16+,24-21-,25-22+,33-29-,39-36+,44-41+. The van der Waals surface area contributed by atoms with E-state index in [0.717, 1.165) is 77.0 Å². The molecule has 1 rings (SSSR count). The first kappa shape index (κ1) is 63.6. The van der Waals surface area contributed by atoms with Crippen molar-refractivity contribution >= 4 is 11.9 Å². The zero-order valence-corrected chi connectivity index (χ0v) is 43.1. The summed E-state index contributed by atoms with van der Waals surface area (Å²) in [5.41, 5.74) is 0. The van der Waals surface area contributed by atoms with Crippen molar-refractivity contribution in [2.24, 2.45) is 0 Å². The van der Waals surface area contributed by atoms with E-state index in [-0.39, 0.29) is 19.4 Å². The van der Waals surface area contributed by atoms with Gasteiger partial charge in [-0.15, -0.1) is 0 Å². The number of aliphatic hydroxyl groups excluding tert-OH is 5. The smallest absolute Gasteiger partial charge is 0.306 e. The third-order valence-electron chi connectivity index (χ3n) is 12.1. The minimum absolute atomic E-state index is 0.0965. The van der Waals surface area contributed by atoms with Gasteiger partial charge in [-0.05, 0) is 64.2 Å². The Kier molecular flexibility index (Phi) is 42.1. The van der Waals surface area contributed by atoms with E-state index in [4.69, 9.17) is 14.2 Å². The second kappa shape index (κ2) is 45.7. The monoisotopic (exact) mass is 968 g/mol. The third-order valence-corrected chi connectivity index (χ3v) is 12.1. The molecule has 0 aromatic carbocycles. The fourth-order valence-electron chi connectivity index (χ4n) is 7.79. The maximum atomic E-state index is 13.3. The summed E-state index contributed by atoms with van der Waals surface area (Å²) >= 11 is 0. The molecular weight excluding hydrogens is 871 g/mol. The van der Waals surface area contributed by atoms with Crippen LogP contribution in [0.1, 0.15) is 194 Å². The summed E-state index contributed by atoms with van der Waals surface area (Å²) in [6.45, 7) is 5.52. The van der Waals surface area contributed by atoms with Crippen LogP contribution >= 0.6 is 0 Å². The van der Waals surface area contributed by atoms with Crippen LogP contribution in [0.4, 0.5) is 0 Å². The van der Waals surface area contributed by atoms with Gasteiger partial charge in [-0.3, -0.25) is 9.59 Å². The quantitative estimate of drug-likeness (QED) is 0.0149. The first-order valence-corrected chi connectivity index (χ1v) is 27.1. The van der Waals surface area contributed by atoms with Crippen molar-refractivity contribution in [3.8, 4) is 0 Å². The summed E-state index contributed by atoms with van der Waals surface area (Å²) in [4.78, 5) is 26.3. The van der Waals surface area contributed by atoms with Gasteiger partial charge in [-0.25, -0.2) is 0 Å². The Balaban J connectivity index is 2.83. The van der Waals surface area contributed by atoms with Gasteiger partial charge in [0.25, 0.3) is 0 Å². The topological polar surface area (TPSA) is 175 Å². The molecule has 11 nitrogen and oxygen atoms in total. The van der Waals surface area contributed by atoms with Crippen LogP contribution in [0.25, 0.3) is 0 Å². The minimum Gasteiger partial charge on any atom is -0.454 e. The average molecular weight is 968 g/mol. The Morgan fingerprint density at radius 1 is 0.580 bits per heavy atom. The lowest BCUT2D eigenvalue weighted by molar-refractivity contribution is -0.305. The summed E-state index contributed by atoms with van der Waals surface area (Å²) in [5.74, 6) is -1.29. The van der Waals surface area contributed by atoms with Crippen molar-refractivity contribution in [3.63, 3.8) is 0 Å². The van der Waals surface area contributed by atoms with Crippen LogP contribution in [0.15, 0.2) is 97.2 Å². The van der Waals surface area contributed by atoms with Gasteiger partial charge >= 0.3 is 5.97 Å². The lowest BCUT2D eigenvalue weighted by Crippen LogP contribution is -2.61. The molecule has 11 heteroatoms. The SMILES string of the molecule is CC/C=C/C=C/C=C\C=C/C=C/CCC(O)C(=O)NC(COC1OC(CO)C(O)C(O)C1OC(=O)CCCCCCCC/C=C/C=C/CCCCC)C(O)/C=C/CCCCCCCCCCCCC. The fraction of sp³-hybridized carbons (Fsp3) is 0.690. The van der Waals surface area contributed by atoms with Crippen LogP contribution in [-0.4, -0.2) is 99.6 Å². The number of hydrogen-bond acceptors (Lipinski definition) is 10. The predicted octanol–water partition coefficient (Wildman–Crippen LogP) is 11.6. The van der Waals surface area contributed by atoms with E-state index in [9.17, 15) is 35.1 Å². The molecule has 0 bridgehead atoms. The van der Waals surface area contributed by atoms with Crippen molar-refractivity contribution in [2.45, 2.75) is 243 Å². The van der Waals surface area contributed by atoms with Gasteiger partial charge in [0.05, 0.1) is 25.4 Å². The fourth-order valence-corrected chi connectivity index (χ4v) is 7.79. The van der Waals surface area contributed by atoms with Crippen LogP contribution in [0, 0.1) is 0 Å². The Hall–Kier alpha value is -3.42. The molecule has 1 amide bonds. The normalized spacial score (nSPS) is 20.6. The number of nitrogens with one attached hydrogen (secondary N) is 1. The van der Waals surface area contributed by atoms with Crippen molar-refractivity contribution in [2.75, 3.05) is 13.2 Å². The number of rotatable bonds is 43. The van der Waals surface area contributed by atoms with Crippen molar-refractivity contribution < 1.29 is 49.3 Å². The molecule has 0 radical (unpaired) electrons. The van der Waals surface area contributed by atoms with Gasteiger partial charge in [0, 0.05) is 6.42 Å². The molecule has 8 unspecified atom stereocenters. The highest BCUT2D eigenvalue weighted by molar-refractivity contribution is 5.80. The van der Waals surface area contributed by atoms with Crippen LogP contribution in [0.2, 0.25) is 0 Å². The molecule has 69 heavy (non-hydrogen) atoms. The number of amides is 1. The van der Waals surface area contributed by atoms with E-state index in [1.807, 2.05) is 60.8 Å². The highest BCUT2D eigenvalue weighted by Crippen LogP contribution is 2.26. The van der Waals surface area contributed by atoms with Crippen molar-refractivity contribution in [3.05, 3.63) is 97.2 Å². The molecule has 0 aromatic heterocycles. The molecule has 1 heterocycles. The van der Waals surface area contributed by atoms with Gasteiger partial charge in [0.1, 0.15) is 24.4 Å². The highest BCUT2D eigenvalue weighted by atomic mass is 16.7. The number of carbonyl (C=O) groups excluding carboxylic acids is 2. The molecular formula is C58H97NO10. The number of aliphatic hydroxyl groups is 5. The Morgan fingerprint density at radius 3 is 1.61 bits per heavy atom. The van der Waals surface area contributed by atoms with Gasteiger partial charge in [-0.2, -0.15) is 0 Å². The van der Waals surface area contributed by atoms with Crippen molar-refractivity contribution in [1.82, 2.24) is 5.32 Å². The lowest BCUT2D eigenvalue weighted by Gasteiger charge is -2.41. The zero-order valence-electron chi connectivity index (χ0n) is 43.1. The number of allylic oxidation sites excluding steroid dienone is 15. The Labute approximate surface area is 418 Å². The molecule has 0 aliphatic carbocycles. The molecule has 394 valence electrons. The molecule has 0 aromatic rings. The summed E-state index contributed by atoms with van der Waals surface area (Å²) in [6.07, 6.45) is 49.0. The summed E-state index contributed by atoms with van der Waals surface area (Å²) in [7, 11) is 0. The minimum atomic E-state index is -1.63. The second-order valence-electron chi connectivity index (χ2n) is 18.4. The average Bonchev–Trinajstić information content (AvgIpc) is 3.34. The first-order valence-electron chi connectivity index (χ1n) is 27.1. The first-order chi connectivity index (χ1) is 33.7. The van der Waals surface area contributed by atoms with E-state index in [2.05, 4.69) is 56.5 Å². The molecule has 1 saturated heterocycles. The number of unbranched alkanes of at least 4 members (excludes halogenated alkanes) is 20. The van der Waals surface area contributed by atoms with Crippen LogP contribution in [0.5, 0.6) is 0 Å². The molecule has 1 fully saturated rings. The van der Waals surface area contributed by atoms with Gasteiger partial charge in [-0.1, -0.05) is 221 Å². The largest absolute Gasteiger partial charge is 0.454 e. The summed E-state index contributed by atoms with van der Waals surface area (Å²) in [6, 6.07) is -1.07. The number of carbonyl (C=O) groups is 2. The van der Waals surface area contributed by atoms with Gasteiger partial charge in [0.2, 0.25) is 5.91 Å². The van der Waals surface area contributed by atoms with E-state index >= 15 is 0 Å². The summed E-state index contributed by atoms with van der Waals surface area (Å²) < 4.78 is 17.5. The Morgan fingerprint density at radius 2 is 1.04 bits per heavy atom. The molecule has 1 aliphatic rings. The zero-order chi connectivity index (χ0) is 50.4. The van der Waals surface area contributed by atoms with E-state index in [0.29, 0.717) is 12.8 Å². The van der Waals surface area contributed by atoms with Crippen molar-refractivity contribution in [1.29, 1.82) is 0 Å². The van der Waals surface area contributed by atoms with Crippen LogP contribution in [0.3, 0.4) is 0 Å². The molecule has 0 saturated carbocycles. The third kappa shape index (κ3) is 34.5. The second-order valence-corrected chi connectivity index (χ2v) is 18.4. The molecule has 6 N–H and O–H groups in total. The van der Waals surface area contributed by atoms with Gasteiger partial charge in [0.15, 0.2) is 12.4 Å². The highest BCUT2D eigenvalue weighted by Gasteiger charge is 2.47. The van der Waals surface area contributed by atoms with Crippen LogP contribution in [-0.2, 0) is 23.8 Å². The summed E-state index contributed by atoms with van der Waals surface area (Å²) in [5, 5.41) is 56.6. The van der Waals surface area contributed by atoms with E-state index < -0.39 is 67.4 Å². The maximum Gasteiger partial charge on any atom is 0.306 e. The van der Waals surface area contributed by atoms with E-state index in [1.54, 1.807) is 6.08 Å². The predicted molar refractivity (Wildman–Crippen MR) is 282 cm³/mol. The van der Waals surface area contributed by atoms with Crippen LogP contribution < -0.4 is 5.32 Å². The molecule has 8 atom stereocenters. The van der Waals surface area contributed by atoms with Gasteiger partial charge < -0.3 is 45.1 Å². The number of esters is 1. The lowest BCUT2D eigenvalue weighted by atomic mass is 9.99. The molecule has 0 spiro atoms. The Bertz CT molecular complexity index is 1480. The molecule has 1 aliphatic heterocycles. The van der Waals surface area contributed by atoms with E-state index in [1.165, 1.54) is 70.6 Å². The number of hydrogen-bond donors (Lipinski definition) is 6.